The summed E-state index contributed by atoms with van der Waals surface area (Å²) in [5, 5.41) is 23.1. The molecule has 1 unspecified atom stereocenters. The maximum absolute atomic E-state index is 12.1. The molecule has 2 aromatic heterocycles. The van der Waals surface area contributed by atoms with Crippen LogP contribution >= 0.6 is 0 Å². The third-order valence-corrected chi connectivity index (χ3v) is 4.40. The average Bonchev–Trinajstić information content (AvgIpc) is 2.84. The molecule has 3 aromatic rings. The maximum Gasteiger partial charge on any atom is 0.508 e. The first-order valence-electron chi connectivity index (χ1n) is 10.4. The van der Waals surface area contributed by atoms with Gasteiger partial charge in [-0.05, 0) is 25.0 Å². The molecule has 0 saturated heterocycles. The smallest absolute Gasteiger partial charge is 0.434 e. The predicted molar refractivity (Wildman–Crippen MR) is 119 cm³/mol. The lowest BCUT2D eigenvalue weighted by Gasteiger charge is -2.09. The highest BCUT2D eigenvalue weighted by Gasteiger charge is 2.09. The number of aliphatic hydroxyl groups is 2. The first-order chi connectivity index (χ1) is 16.0. The molecule has 0 fully saturated rings. The van der Waals surface area contributed by atoms with Gasteiger partial charge in [-0.15, -0.1) is 0 Å². The highest BCUT2D eigenvalue weighted by Crippen LogP contribution is 2.19. The number of aliphatic hydroxyl groups excluding tert-OH is 2. The number of hydrogen-bond donors (Lipinski definition) is 4. The van der Waals surface area contributed by atoms with Gasteiger partial charge >= 0.3 is 12.2 Å². The highest BCUT2D eigenvalue weighted by molar-refractivity contribution is 5.89. The molecule has 174 valence electrons. The van der Waals surface area contributed by atoms with Gasteiger partial charge in [0.05, 0.1) is 25.1 Å². The van der Waals surface area contributed by atoms with Crippen LogP contribution in [0.3, 0.4) is 0 Å². The van der Waals surface area contributed by atoms with Crippen LogP contribution in [0, 0.1) is 0 Å². The quantitative estimate of drug-likeness (QED) is 0.265. The van der Waals surface area contributed by atoms with Crippen LogP contribution < -0.4 is 10.6 Å². The van der Waals surface area contributed by atoms with E-state index in [4.69, 9.17) is 14.9 Å². The molecule has 0 radical (unpaired) electrons. The number of carbonyl (C=O) groups is 2. The molecule has 4 N–H and O–H groups in total. The largest absolute Gasteiger partial charge is 0.508 e. The number of fused-ring (bicyclic) bond motifs is 1. The summed E-state index contributed by atoms with van der Waals surface area (Å²) < 4.78 is 9.42. The summed E-state index contributed by atoms with van der Waals surface area (Å²) >= 11 is 0. The van der Waals surface area contributed by atoms with Gasteiger partial charge in [0, 0.05) is 12.1 Å². The van der Waals surface area contributed by atoms with E-state index in [0.717, 1.165) is 5.56 Å². The minimum Gasteiger partial charge on any atom is -0.434 e. The Balaban J connectivity index is 1.40. The second-order valence-corrected chi connectivity index (χ2v) is 6.99. The van der Waals surface area contributed by atoms with Crippen LogP contribution in [0.4, 0.5) is 15.4 Å². The summed E-state index contributed by atoms with van der Waals surface area (Å²) in [4.78, 5) is 36.6. The molecule has 0 spiro atoms. The Bertz CT molecular complexity index is 1070. The molecule has 1 aromatic carbocycles. The number of pyridine rings is 1. The number of amides is 2. The normalized spacial score (nSPS) is 11.6. The summed E-state index contributed by atoms with van der Waals surface area (Å²) in [5.74, 6) is 0.343. The van der Waals surface area contributed by atoms with E-state index in [0.29, 0.717) is 42.1 Å². The van der Waals surface area contributed by atoms with Gasteiger partial charge in [-0.2, -0.15) is 0 Å². The zero-order chi connectivity index (χ0) is 23.5. The fraction of sp³-hybridized carbons (Fsp3) is 0.318. The molecule has 1 atom stereocenters. The van der Waals surface area contributed by atoms with E-state index in [-0.39, 0.29) is 13.2 Å². The second kappa shape index (κ2) is 12.3. The predicted octanol–water partition coefficient (Wildman–Crippen LogP) is 2.10. The average molecular weight is 455 g/mol. The Morgan fingerprint density at radius 1 is 1.03 bits per heavy atom. The van der Waals surface area contributed by atoms with Crippen molar-refractivity contribution in [3.63, 3.8) is 0 Å². The topological polar surface area (TPSA) is 156 Å². The SMILES string of the molecule is O=C(NCCCCOC(=O)OCC(O)CO)Nc1ccc2ncc(-c3ccccc3)nc2n1. The number of anilines is 1. The molecule has 11 nitrogen and oxygen atoms in total. The van der Waals surface area contributed by atoms with Gasteiger partial charge in [0.1, 0.15) is 24.0 Å². The van der Waals surface area contributed by atoms with Crippen LogP contribution in [0.1, 0.15) is 12.8 Å². The molecule has 0 aliphatic heterocycles. The first kappa shape index (κ1) is 23.8. The van der Waals surface area contributed by atoms with E-state index in [9.17, 15) is 9.59 Å². The summed E-state index contributed by atoms with van der Waals surface area (Å²) in [7, 11) is 0. The Hall–Kier alpha value is -3.83. The number of urea groups is 1. The lowest BCUT2D eigenvalue weighted by atomic mass is 10.2. The van der Waals surface area contributed by atoms with Crippen molar-refractivity contribution in [2.45, 2.75) is 18.9 Å². The number of ether oxygens (including phenoxy) is 2. The number of carbonyl (C=O) groups excluding carboxylic acids is 2. The zero-order valence-corrected chi connectivity index (χ0v) is 17.8. The van der Waals surface area contributed by atoms with Crippen LogP contribution in [0.15, 0.2) is 48.7 Å². The molecule has 0 aliphatic carbocycles. The number of unbranched alkanes of at least 4 members (excludes halogenated alkanes) is 1. The van der Waals surface area contributed by atoms with Crippen molar-refractivity contribution in [1.29, 1.82) is 0 Å². The Labute approximate surface area is 189 Å². The number of aromatic nitrogens is 3. The lowest BCUT2D eigenvalue weighted by molar-refractivity contribution is 0.000435. The van der Waals surface area contributed by atoms with E-state index >= 15 is 0 Å². The minimum absolute atomic E-state index is 0.103. The molecular weight excluding hydrogens is 430 g/mol. The van der Waals surface area contributed by atoms with Gasteiger partial charge in [-0.1, -0.05) is 30.3 Å². The molecule has 11 heteroatoms. The molecule has 2 heterocycles. The third-order valence-electron chi connectivity index (χ3n) is 4.40. The fourth-order valence-corrected chi connectivity index (χ4v) is 2.72. The van der Waals surface area contributed by atoms with Gasteiger partial charge in [0.15, 0.2) is 5.65 Å². The molecule has 0 bridgehead atoms. The summed E-state index contributed by atoms with van der Waals surface area (Å²) in [6.07, 6.45) is 0.701. The summed E-state index contributed by atoms with van der Waals surface area (Å²) in [6, 6.07) is 12.6. The fourth-order valence-electron chi connectivity index (χ4n) is 2.72. The Morgan fingerprint density at radius 2 is 1.85 bits per heavy atom. The Morgan fingerprint density at radius 3 is 2.64 bits per heavy atom. The standard InChI is InChI=1S/C22H25N5O6/c28-13-16(29)14-33-22(31)32-11-5-4-10-23-21(30)27-19-9-8-17-20(26-19)25-18(12-24-17)15-6-2-1-3-7-15/h1-3,6-9,12,16,28-29H,4-5,10-11,13-14H2,(H2,23,25,26,27,30). The zero-order valence-electron chi connectivity index (χ0n) is 17.8. The number of hydrogen-bond acceptors (Lipinski definition) is 9. The van der Waals surface area contributed by atoms with Crippen molar-refractivity contribution in [1.82, 2.24) is 20.3 Å². The second-order valence-electron chi connectivity index (χ2n) is 6.99. The van der Waals surface area contributed by atoms with Crippen LogP contribution in [0.2, 0.25) is 0 Å². The van der Waals surface area contributed by atoms with Crippen molar-refractivity contribution >= 4 is 29.2 Å². The van der Waals surface area contributed by atoms with Gasteiger partial charge in [-0.3, -0.25) is 10.3 Å². The van der Waals surface area contributed by atoms with Crippen molar-refractivity contribution < 1.29 is 29.3 Å². The molecular formula is C22H25N5O6. The molecule has 3 rings (SSSR count). The van der Waals surface area contributed by atoms with Crippen LogP contribution in [-0.4, -0.2) is 69.8 Å². The van der Waals surface area contributed by atoms with E-state index in [1.165, 1.54) is 0 Å². The summed E-state index contributed by atoms with van der Waals surface area (Å²) in [6.45, 7) is -0.373. The van der Waals surface area contributed by atoms with Crippen molar-refractivity contribution in [3.05, 3.63) is 48.7 Å². The van der Waals surface area contributed by atoms with E-state index in [1.54, 1.807) is 18.3 Å². The minimum atomic E-state index is -1.13. The number of benzene rings is 1. The first-order valence-corrected chi connectivity index (χ1v) is 10.4. The lowest BCUT2D eigenvalue weighted by Crippen LogP contribution is -2.30. The van der Waals surface area contributed by atoms with Crippen LogP contribution in [0.5, 0.6) is 0 Å². The molecule has 0 aliphatic rings. The van der Waals surface area contributed by atoms with Gasteiger partial charge in [-0.25, -0.2) is 19.6 Å². The van der Waals surface area contributed by atoms with Crippen LogP contribution in [-0.2, 0) is 9.47 Å². The van der Waals surface area contributed by atoms with E-state index in [1.807, 2.05) is 30.3 Å². The van der Waals surface area contributed by atoms with Gasteiger partial charge < -0.3 is 25.0 Å². The van der Waals surface area contributed by atoms with Crippen molar-refractivity contribution in [2.75, 3.05) is 31.7 Å². The number of rotatable bonds is 10. The molecule has 33 heavy (non-hydrogen) atoms. The van der Waals surface area contributed by atoms with Gasteiger partial charge in [0.2, 0.25) is 0 Å². The maximum atomic E-state index is 12.1. The monoisotopic (exact) mass is 455 g/mol. The number of nitrogens with zero attached hydrogens (tertiary/aromatic N) is 3. The Kier molecular flexibility index (Phi) is 8.86. The third kappa shape index (κ3) is 7.66. The number of nitrogens with one attached hydrogen (secondary N) is 2. The van der Waals surface area contributed by atoms with E-state index in [2.05, 4.69) is 30.3 Å². The van der Waals surface area contributed by atoms with Crippen LogP contribution in [0.25, 0.3) is 22.4 Å². The van der Waals surface area contributed by atoms with E-state index < -0.39 is 24.9 Å². The van der Waals surface area contributed by atoms with Gasteiger partial charge in [0.25, 0.3) is 0 Å². The van der Waals surface area contributed by atoms with Crippen molar-refractivity contribution in [2.24, 2.45) is 0 Å². The highest BCUT2D eigenvalue weighted by atomic mass is 16.7. The molecule has 2 amide bonds. The van der Waals surface area contributed by atoms with Crippen molar-refractivity contribution in [3.8, 4) is 11.3 Å². The summed E-state index contributed by atoms with van der Waals surface area (Å²) in [5.41, 5.74) is 2.65. The molecule has 0 saturated carbocycles.